The first-order chi connectivity index (χ1) is 9.17. The Morgan fingerprint density at radius 2 is 2.11 bits per heavy atom. The van der Waals surface area contributed by atoms with Gasteiger partial charge in [0, 0.05) is 6.54 Å². The van der Waals surface area contributed by atoms with E-state index < -0.39 is 0 Å². The molecule has 1 saturated carbocycles. The number of amides is 1. The molecular weight excluding hydrogens is 242 g/mol. The molecule has 6 nitrogen and oxygen atoms in total. The average Bonchev–Trinajstić information content (AvgIpc) is 2.82. The lowest BCUT2D eigenvalue weighted by atomic mass is 9.81. The molecule has 106 valence electrons. The van der Waals surface area contributed by atoms with E-state index in [-0.39, 0.29) is 18.4 Å². The van der Waals surface area contributed by atoms with E-state index in [0.717, 1.165) is 12.5 Å². The molecule has 3 N–H and O–H groups in total. The molecule has 1 aromatic rings. The van der Waals surface area contributed by atoms with Gasteiger partial charge in [-0.2, -0.15) is 0 Å². The average molecular weight is 265 g/mol. The van der Waals surface area contributed by atoms with Gasteiger partial charge in [-0.3, -0.25) is 4.79 Å². The van der Waals surface area contributed by atoms with E-state index >= 15 is 0 Å². The number of aromatic nitrogens is 3. The molecule has 2 rings (SSSR count). The Bertz CT molecular complexity index is 409. The summed E-state index contributed by atoms with van der Waals surface area (Å²) in [6, 6.07) is 0. The van der Waals surface area contributed by atoms with Crippen molar-refractivity contribution < 1.29 is 4.79 Å². The van der Waals surface area contributed by atoms with Crippen molar-refractivity contribution in [1.29, 1.82) is 0 Å². The normalized spacial score (nSPS) is 23.2. The molecule has 0 spiro atoms. The molecule has 1 aromatic heterocycles. The van der Waals surface area contributed by atoms with Crippen LogP contribution in [0.3, 0.4) is 0 Å². The van der Waals surface area contributed by atoms with Gasteiger partial charge in [0.1, 0.15) is 12.9 Å². The summed E-state index contributed by atoms with van der Waals surface area (Å²) in [7, 11) is 0. The number of hydrogen-bond donors (Lipinski definition) is 2. The van der Waals surface area contributed by atoms with Gasteiger partial charge in [-0.25, -0.2) is 9.67 Å². The number of anilines is 1. The Labute approximate surface area is 113 Å². The number of nitrogens with zero attached hydrogens (tertiary/aromatic N) is 3. The SMILES string of the molecule is CCC1CCC(CNC(=O)Cn2cnc(N)n2)CC1. The molecule has 0 aromatic carbocycles. The Morgan fingerprint density at radius 3 is 2.68 bits per heavy atom. The van der Waals surface area contributed by atoms with Crippen LogP contribution in [-0.4, -0.2) is 27.2 Å². The molecule has 0 atom stereocenters. The van der Waals surface area contributed by atoms with Gasteiger partial charge >= 0.3 is 0 Å². The Morgan fingerprint density at radius 1 is 1.42 bits per heavy atom. The third-order valence-electron chi connectivity index (χ3n) is 3.99. The monoisotopic (exact) mass is 265 g/mol. The van der Waals surface area contributed by atoms with Crippen LogP contribution in [0.25, 0.3) is 0 Å². The van der Waals surface area contributed by atoms with Gasteiger partial charge in [-0.15, -0.1) is 5.10 Å². The molecule has 1 aliphatic rings. The largest absolute Gasteiger partial charge is 0.367 e. The van der Waals surface area contributed by atoms with Crippen LogP contribution < -0.4 is 11.1 Å². The van der Waals surface area contributed by atoms with Crippen molar-refractivity contribution in [3.63, 3.8) is 0 Å². The summed E-state index contributed by atoms with van der Waals surface area (Å²) in [5, 5.41) is 6.86. The molecule has 0 radical (unpaired) electrons. The minimum atomic E-state index is -0.0254. The number of hydrogen-bond acceptors (Lipinski definition) is 4. The first kappa shape index (κ1) is 13.8. The van der Waals surface area contributed by atoms with E-state index in [9.17, 15) is 4.79 Å². The molecule has 1 aliphatic carbocycles. The van der Waals surface area contributed by atoms with Gasteiger partial charge in [0.15, 0.2) is 0 Å². The van der Waals surface area contributed by atoms with Crippen LogP contribution in [0.15, 0.2) is 6.33 Å². The van der Waals surface area contributed by atoms with Gasteiger partial charge in [0.05, 0.1) is 0 Å². The molecule has 1 fully saturated rings. The maximum atomic E-state index is 11.7. The molecule has 1 heterocycles. The summed E-state index contributed by atoms with van der Waals surface area (Å²) in [6.45, 7) is 3.23. The van der Waals surface area contributed by atoms with E-state index in [1.165, 1.54) is 43.1 Å². The summed E-state index contributed by atoms with van der Waals surface area (Å²) >= 11 is 0. The first-order valence-electron chi connectivity index (χ1n) is 7.09. The molecule has 0 aliphatic heterocycles. The van der Waals surface area contributed by atoms with Crippen molar-refractivity contribution >= 4 is 11.9 Å². The van der Waals surface area contributed by atoms with E-state index in [1.807, 2.05) is 0 Å². The second-order valence-corrected chi connectivity index (χ2v) is 5.40. The smallest absolute Gasteiger partial charge is 0.241 e. The minimum Gasteiger partial charge on any atom is -0.367 e. The summed E-state index contributed by atoms with van der Waals surface area (Å²) in [4.78, 5) is 15.5. The highest BCUT2D eigenvalue weighted by Crippen LogP contribution is 2.29. The number of carbonyl (C=O) groups is 1. The first-order valence-corrected chi connectivity index (χ1v) is 7.09. The zero-order valence-corrected chi connectivity index (χ0v) is 11.5. The fourth-order valence-electron chi connectivity index (χ4n) is 2.69. The number of nitrogens with one attached hydrogen (secondary N) is 1. The second kappa shape index (κ2) is 6.54. The second-order valence-electron chi connectivity index (χ2n) is 5.40. The van der Waals surface area contributed by atoms with E-state index in [1.54, 1.807) is 0 Å². The van der Waals surface area contributed by atoms with Crippen LogP contribution in [0.5, 0.6) is 0 Å². The summed E-state index contributed by atoms with van der Waals surface area (Å²) in [5.41, 5.74) is 5.40. The molecule has 1 amide bonds. The fourth-order valence-corrected chi connectivity index (χ4v) is 2.69. The van der Waals surface area contributed by atoms with Crippen LogP contribution >= 0.6 is 0 Å². The third kappa shape index (κ3) is 4.22. The lowest BCUT2D eigenvalue weighted by Crippen LogP contribution is -2.33. The van der Waals surface area contributed by atoms with E-state index in [4.69, 9.17) is 5.73 Å². The van der Waals surface area contributed by atoms with Gasteiger partial charge in [-0.05, 0) is 24.7 Å². The maximum absolute atomic E-state index is 11.7. The van der Waals surface area contributed by atoms with Gasteiger partial charge in [0.2, 0.25) is 11.9 Å². The van der Waals surface area contributed by atoms with Crippen molar-refractivity contribution in [3.05, 3.63) is 6.33 Å². The van der Waals surface area contributed by atoms with Crippen LogP contribution in [0.2, 0.25) is 0 Å². The van der Waals surface area contributed by atoms with Gasteiger partial charge in [0.25, 0.3) is 0 Å². The highest BCUT2D eigenvalue weighted by Gasteiger charge is 2.20. The molecule has 19 heavy (non-hydrogen) atoms. The summed E-state index contributed by atoms with van der Waals surface area (Å²) < 4.78 is 1.46. The van der Waals surface area contributed by atoms with Gasteiger partial charge in [-0.1, -0.05) is 26.2 Å². The predicted molar refractivity (Wildman–Crippen MR) is 73.2 cm³/mol. The standard InChI is InChI=1S/C13H23N5O/c1-2-10-3-5-11(6-4-10)7-15-12(19)8-18-9-16-13(14)17-18/h9-11H,2-8H2,1H3,(H2,14,17)(H,15,19). The van der Waals surface area contributed by atoms with Gasteiger partial charge < -0.3 is 11.1 Å². The van der Waals surface area contributed by atoms with Crippen LogP contribution in [-0.2, 0) is 11.3 Å². The van der Waals surface area contributed by atoms with Crippen molar-refractivity contribution in [1.82, 2.24) is 20.1 Å². The summed E-state index contributed by atoms with van der Waals surface area (Å²) in [6.07, 6.45) is 7.82. The lowest BCUT2D eigenvalue weighted by molar-refractivity contribution is -0.122. The highest BCUT2D eigenvalue weighted by atomic mass is 16.2. The Balaban J connectivity index is 1.67. The molecular formula is C13H23N5O. The number of nitrogens with two attached hydrogens (primary N) is 1. The van der Waals surface area contributed by atoms with E-state index in [2.05, 4.69) is 22.3 Å². The quantitative estimate of drug-likeness (QED) is 0.837. The molecule has 0 bridgehead atoms. The minimum absolute atomic E-state index is 0.0254. The predicted octanol–water partition coefficient (Wildman–Crippen LogP) is 1.19. The number of nitrogen functional groups attached to an aromatic ring is 1. The third-order valence-corrected chi connectivity index (χ3v) is 3.99. The van der Waals surface area contributed by atoms with E-state index in [0.29, 0.717) is 5.92 Å². The van der Waals surface area contributed by atoms with Crippen LogP contribution in [0.1, 0.15) is 39.0 Å². The van der Waals surface area contributed by atoms with Crippen molar-refractivity contribution in [2.75, 3.05) is 12.3 Å². The summed E-state index contributed by atoms with van der Waals surface area (Å²) in [5.74, 6) is 1.70. The van der Waals surface area contributed by atoms with Crippen LogP contribution in [0, 0.1) is 11.8 Å². The molecule has 0 unspecified atom stereocenters. The Kier molecular flexibility index (Phi) is 4.76. The maximum Gasteiger partial charge on any atom is 0.241 e. The molecule has 0 saturated heterocycles. The number of carbonyl (C=O) groups excluding carboxylic acids is 1. The topological polar surface area (TPSA) is 85.8 Å². The molecule has 6 heteroatoms. The van der Waals surface area contributed by atoms with Crippen LogP contribution in [0.4, 0.5) is 5.95 Å². The fraction of sp³-hybridized carbons (Fsp3) is 0.769. The highest BCUT2D eigenvalue weighted by molar-refractivity contribution is 5.75. The number of rotatable bonds is 5. The van der Waals surface area contributed by atoms with Crippen molar-refractivity contribution in [2.24, 2.45) is 11.8 Å². The van der Waals surface area contributed by atoms with Crippen molar-refractivity contribution in [2.45, 2.75) is 45.6 Å². The lowest BCUT2D eigenvalue weighted by Gasteiger charge is -2.27. The zero-order valence-electron chi connectivity index (χ0n) is 11.5. The van der Waals surface area contributed by atoms with Crippen molar-refractivity contribution in [3.8, 4) is 0 Å². The Hall–Kier alpha value is -1.59. The zero-order chi connectivity index (χ0) is 13.7.